The van der Waals surface area contributed by atoms with Gasteiger partial charge in [-0.3, -0.25) is 0 Å². The van der Waals surface area contributed by atoms with Crippen LogP contribution in [0.25, 0.3) is 11.0 Å². The lowest BCUT2D eigenvalue weighted by Crippen LogP contribution is -2.26. The molecule has 2 aromatic heterocycles. The molecule has 0 unspecified atom stereocenters. The molecule has 0 aliphatic heterocycles. The van der Waals surface area contributed by atoms with Crippen LogP contribution >= 0.6 is 23.1 Å². The highest BCUT2D eigenvalue weighted by Crippen LogP contribution is 2.20. The molecular formula is C12H11N3O2S3. The third-order valence-electron chi connectivity index (χ3n) is 2.78. The van der Waals surface area contributed by atoms with Crippen LogP contribution in [-0.4, -0.2) is 23.7 Å². The van der Waals surface area contributed by atoms with Gasteiger partial charge >= 0.3 is 0 Å². The molecule has 1 aromatic carbocycles. The molecule has 0 fully saturated rings. The van der Waals surface area contributed by atoms with Gasteiger partial charge in [-0.1, -0.05) is 12.1 Å². The highest BCUT2D eigenvalue weighted by molar-refractivity contribution is 7.89. The Bertz CT molecular complexity index is 809. The highest BCUT2D eigenvalue weighted by Gasteiger charge is 2.18. The Morgan fingerprint density at radius 2 is 2.05 bits per heavy atom. The van der Waals surface area contributed by atoms with E-state index in [1.165, 1.54) is 0 Å². The van der Waals surface area contributed by atoms with Gasteiger partial charge in [0.1, 0.15) is 15.9 Å². The van der Waals surface area contributed by atoms with Crippen LogP contribution in [-0.2, 0) is 16.4 Å². The lowest BCUT2D eigenvalue weighted by atomic mass is 10.3. The Morgan fingerprint density at radius 1 is 1.15 bits per heavy atom. The van der Waals surface area contributed by atoms with Crippen LogP contribution in [0.5, 0.6) is 0 Å². The van der Waals surface area contributed by atoms with Gasteiger partial charge in [-0.15, -0.1) is 11.3 Å². The highest BCUT2D eigenvalue weighted by atomic mass is 32.2. The molecule has 104 valence electrons. The standard InChI is InChI=1S/C12H11N3O2S3/c16-20(17,13-7-6-9-3-2-8-18-9)11-5-1-4-10-12(11)15-19-14-10/h1-5,8,13H,6-7H2. The summed E-state index contributed by atoms with van der Waals surface area (Å²) < 4.78 is 35.3. The molecule has 0 saturated carbocycles. The zero-order valence-corrected chi connectivity index (χ0v) is 12.8. The average Bonchev–Trinajstić information content (AvgIpc) is 3.08. The molecule has 0 saturated heterocycles. The molecule has 5 nitrogen and oxygen atoms in total. The summed E-state index contributed by atoms with van der Waals surface area (Å²) in [4.78, 5) is 1.34. The molecule has 2 heterocycles. The first-order chi connectivity index (χ1) is 9.67. The number of rotatable bonds is 5. The van der Waals surface area contributed by atoms with Gasteiger partial charge in [-0.2, -0.15) is 8.75 Å². The van der Waals surface area contributed by atoms with Gasteiger partial charge in [-0.25, -0.2) is 13.1 Å². The monoisotopic (exact) mass is 325 g/mol. The summed E-state index contributed by atoms with van der Waals surface area (Å²) in [6.45, 7) is 0.372. The van der Waals surface area contributed by atoms with E-state index in [0.29, 0.717) is 24.0 Å². The molecule has 0 aliphatic rings. The second kappa shape index (κ2) is 5.57. The smallest absolute Gasteiger partial charge is 0.211 e. The summed E-state index contributed by atoms with van der Waals surface area (Å²) in [5, 5.41) is 1.98. The van der Waals surface area contributed by atoms with Gasteiger partial charge in [0, 0.05) is 11.4 Å². The summed E-state index contributed by atoms with van der Waals surface area (Å²) in [6.07, 6.45) is 0.683. The normalized spacial score (nSPS) is 12.0. The predicted octanol–water partition coefficient (Wildman–Crippen LogP) is 2.27. The van der Waals surface area contributed by atoms with E-state index in [9.17, 15) is 8.42 Å². The van der Waals surface area contributed by atoms with E-state index in [-0.39, 0.29) is 4.90 Å². The number of benzene rings is 1. The van der Waals surface area contributed by atoms with Crippen molar-refractivity contribution in [3.63, 3.8) is 0 Å². The van der Waals surface area contributed by atoms with Crippen molar-refractivity contribution in [2.75, 3.05) is 6.54 Å². The summed E-state index contributed by atoms with van der Waals surface area (Å²) in [6, 6.07) is 8.93. The number of sulfonamides is 1. The van der Waals surface area contributed by atoms with Crippen molar-refractivity contribution in [2.45, 2.75) is 11.3 Å². The van der Waals surface area contributed by atoms with Crippen molar-refractivity contribution < 1.29 is 8.42 Å². The van der Waals surface area contributed by atoms with E-state index in [2.05, 4.69) is 13.5 Å². The maximum Gasteiger partial charge on any atom is 0.242 e. The van der Waals surface area contributed by atoms with E-state index in [0.717, 1.165) is 16.6 Å². The molecule has 3 rings (SSSR count). The number of hydrogen-bond donors (Lipinski definition) is 1. The van der Waals surface area contributed by atoms with Crippen LogP contribution < -0.4 is 4.72 Å². The Balaban J connectivity index is 1.79. The van der Waals surface area contributed by atoms with Gasteiger partial charge in [0.05, 0.1) is 11.7 Å². The summed E-state index contributed by atoms with van der Waals surface area (Å²) in [5.41, 5.74) is 1.04. The molecule has 8 heteroatoms. The Kier molecular flexibility index (Phi) is 3.79. The molecule has 0 aliphatic carbocycles. The van der Waals surface area contributed by atoms with Gasteiger partial charge in [-0.05, 0) is 30.0 Å². The van der Waals surface area contributed by atoms with Crippen LogP contribution in [0.15, 0.2) is 40.6 Å². The van der Waals surface area contributed by atoms with E-state index in [1.54, 1.807) is 29.5 Å². The Morgan fingerprint density at radius 3 is 2.85 bits per heavy atom. The lowest BCUT2D eigenvalue weighted by Gasteiger charge is -2.06. The molecular weight excluding hydrogens is 314 g/mol. The Labute approximate surface area is 124 Å². The first-order valence-electron chi connectivity index (χ1n) is 5.90. The van der Waals surface area contributed by atoms with Crippen molar-refractivity contribution in [1.29, 1.82) is 0 Å². The third kappa shape index (κ3) is 2.73. The van der Waals surface area contributed by atoms with Crippen molar-refractivity contribution in [2.24, 2.45) is 0 Å². The molecule has 3 aromatic rings. The minimum Gasteiger partial charge on any atom is -0.211 e. The molecule has 0 atom stereocenters. The second-order valence-corrected chi connectivity index (χ2v) is 7.41. The SMILES string of the molecule is O=S(=O)(NCCc1cccs1)c1cccc2nsnc12. The fourth-order valence-electron chi connectivity index (χ4n) is 1.84. The van der Waals surface area contributed by atoms with E-state index in [4.69, 9.17) is 0 Å². The van der Waals surface area contributed by atoms with E-state index >= 15 is 0 Å². The summed E-state index contributed by atoms with van der Waals surface area (Å²) in [5.74, 6) is 0. The van der Waals surface area contributed by atoms with Gasteiger partial charge in [0.2, 0.25) is 10.0 Å². The quantitative estimate of drug-likeness (QED) is 0.781. The number of thiophene rings is 1. The fourth-order valence-corrected chi connectivity index (χ4v) is 4.34. The molecule has 0 bridgehead atoms. The molecule has 20 heavy (non-hydrogen) atoms. The van der Waals surface area contributed by atoms with Crippen LogP contribution in [0.1, 0.15) is 4.88 Å². The number of fused-ring (bicyclic) bond motifs is 1. The number of hydrogen-bond acceptors (Lipinski definition) is 6. The minimum absolute atomic E-state index is 0.190. The zero-order valence-electron chi connectivity index (χ0n) is 10.3. The van der Waals surface area contributed by atoms with E-state index < -0.39 is 10.0 Å². The lowest BCUT2D eigenvalue weighted by molar-refractivity contribution is 0.582. The van der Waals surface area contributed by atoms with Gasteiger partial charge in [0.25, 0.3) is 0 Å². The van der Waals surface area contributed by atoms with Crippen molar-refractivity contribution in [3.05, 3.63) is 40.6 Å². The summed E-state index contributed by atoms with van der Waals surface area (Å²) in [7, 11) is -3.55. The van der Waals surface area contributed by atoms with Crippen molar-refractivity contribution >= 4 is 44.1 Å². The maximum atomic E-state index is 12.3. The first-order valence-corrected chi connectivity index (χ1v) is 8.99. The van der Waals surface area contributed by atoms with Crippen molar-refractivity contribution in [3.8, 4) is 0 Å². The third-order valence-corrected chi connectivity index (χ3v) is 5.75. The topological polar surface area (TPSA) is 72.0 Å². The average molecular weight is 325 g/mol. The van der Waals surface area contributed by atoms with Crippen LogP contribution in [0.4, 0.5) is 0 Å². The van der Waals surface area contributed by atoms with Gasteiger partial charge < -0.3 is 0 Å². The van der Waals surface area contributed by atoms with Crippen molar-refractivity contribution in [1.82, 2.24) is 13.5 Å². The molecule has 1 N–H and O–H groups in total. The maximum absolute atomic E-state index is 12.3. The zero-order chi connectivity index (χ0) is 14.0. The summed E-state index contributed by atoms with van der Waals surface area (Å²) >= 11 is 2.63. The molecule has 0 amide bonds. The number of nitrogens with one attached hydrogen (secondary N) is 1. The van der Waals surface area contributed by atoms with Gasteiger partial charge in [0.15, 0.2) is 0 Å². The largest absolute Gasteiger partial charge is 0.242 e. The molecule has 0 spiro atoms. The first kappa shape index (κ1) is 13.6. The molecule has 0 radical (unpaired) electrons. The minimum atomic E-state index is -3.55. The number of nitrogens with zero attached hydrogens (tertiary/aromatic N) is 2. The predicted molar refractivity (Wildman–Crippen MR) is 80.6 cm³/mol. The van der Waals surface area contributed by atoms with Crippen LogP contribution in [0.2, 0.25) is 0 Å². The van der Waals surface area contributed by atoms with Crippen LogP contribution in [0, 0.1) is 0 Å². The number of aromatic nitrogens is 2. The fraction of sp³-hybridized carbons (Fsp3) is 0.167. The second-order valence-electron chi connectivity index (χ2n) is 4.12. The van der Waals surface area contributed by atoms with E-state index in [1.807, 2.05) is 17.5 Å². The van der Waals surface area contributed by atoms with Crippen LogP contribution in [0.3, 0.4) is 0 Å². The Hall–Kier alpha value is -1.35.